The normalized spacial score (nSPS) is 29.7. The van der Waals surface area contributed by atoms with Gasteiger partial charge in [0.15, 0.2) is 0 Å². The van der Waals surface area contributed by atoms with Crippen LogP contribution in [0, 0.1) is 5.92 Å². The number of piperazine rings is 1. The lowest BCUT2D eigenvalue weighted by molar-refractivity contribution is 0.0661. The first-order valence-corrected chi connectivity index (χ1v) is 8.35. The van der Waals surface area contributed by atoms with Gasteiger partial charge in [0.2, 0.25) is 0 Å². The third-order valence-corrected chi connectivity index (χ3v) is 5.01. The molecule has 1 N–H and O–H groups in total. The predicted molar refractivity (Wildman–Crippen MR) is 84.4 cm³/mol. The predicted octanol–water partition coefficient (Wildman–Crippen LogP) is 3.00. The maximum Gasteiger partial charge on any atom is 0.0278 e. The number of rotatable bonds is 7. The van der Waals surface area contributed by atoms with Gasteiger partial charge in [-0.15, -0.1) is 6.58 Å². The van der Waals surface area contributed by atoms with E-state index in [4.69, 9.17) is 0 Å². The molecule has 1 aliphatic heterocycles. The molecule has 0 aromatic heterocycles. The number of hydrogen-bond acceptors (Lipinski definition) is 3. The van der Waals surface area contributed by atoms with Gasteiger partial charge in [-0.25, -0.2) is 0 Å². The Morgan fingerprint density at radius 3 is 2.83 bits per heavy atom. The van der Waals surface area contributed by atoms with Gasteiger partial charge in [0.05, 0.1) is 0 Å². The Labute approximate surface area is 118 Å². The van der Waals surface area contributed by atoms with Crippen molar-refractivity contribution < 1.29 is 0 Å². The quantitative estimate of drug-likeness (QED) is 0.565. The van der Waals surface area contributed by atoms with Crippen LogP contribution in [-0.4, -0.2) is 47.6 Å². The van der Waals surface area contributed by atoms with Gasteiger partial charge >= 0.3 is 0 Å². The summed E-state index contributed by atoms with van der Waals surface area (Å²) in [6.07, 6.45) is 3.20. The topological polar surface area (TPSA) is 15.3 Å². The van der Waals surface area contributed by atoms with Crippen molar-refractivity contribution in [2.24, 2.45) is 5.92 Å². The Morgan fingerprint density at radius 2 is 2.28 bits per heavy atom. The average molecular weight is 270 g/mol. The summed E-state index contributed by atoms with van der Waals surface area (Å²) in [7, 11) is 0. The highest BCUT2D eigenvalue weighted by molar-refractivity contribution is 7.99. The van der Waals surface area contributed by atoms with Crippen molar-refractivity contribution in [3.05, 3.63) is 12.7 Å². The van der Waals surface area contributed by atoms with E-state index in [0.29, 0.717) is 11.6 Å². The second kappa shape index (κ2) is 7.56. The van der Waals surface area contributed by atoms with Crippen molar-refractivity contribution in [1.29, 1.82) is 0 Å². The molecule has 106 valence electrons. The van der Waals surface area contributed by atoms with Crippen molar-refractivity contribution >= 4 is 11.8 Å². The molecule has 1 rings (SSSR count). The van der Waals surface area contributed by atoms with E-state index in [1.807, 2.05) is 17.8 Å². The molecule has 0 aliphatic carbocycles. The highest BCUT2D eigenvalue weighted by atomic mass is 32.2. The number of hydrogen-bond donors (Lipinski definition) is 1. The first kappa shape index (κ1) is 16.1. The van der Waals surface area contributed by atoms with Crippen molar-refractivity contribution in [3.63, 3.8) is 0 Å². The van der Waals surface area contributed by atoms with Crippen LogP contribution in [0.15, 0.2) is 12.7 Å². The molecule has 0 aromatic carbocycles. The van der Waals surface area contributed by atoms with Crippen LogP contribution >= 0.6 is 11.8 Å². The van der Waals surface area contributed by atoms with Crippen LogP contribution in [0.3, 0.4) is 0 Å². The van der Waals surface area contributed by atoms with Crippen LogP contribution in [0.1, 0.15) is 34.1 Å². The second-order valence-corrected chi connectivity index (χ2v) is 7.09. The molecule has 2 unspecified atom stereocenters. The Bertz CT molecular complexity index is 255. The summed E-state index contributed by atoms with van der Waals surface area (Å²) in [4.78, 5) is 2.70. The molecule has 0 saturated carbocycles. The van der Waals surface area contributed by atoms with E-state index in [-0.39, 0.29) is 0 Å². The van der Waals surface area contributed by atoms with Gasteiger partial charge < -0.3 is 5.32 Å². The first-order chi connectivity index (χ1) is 8.52. The Morgan fingerprint density at radius 1 is 1.56 bits per heavy atom. The van der Waals surface area contributed by atoms with Gasteiger partial charge in [-0.05, 0) is 19.3 Å². The first-order valence-electron chi connectivity index (χ1n) is 7.20. The average Bonchev–Trinajstić information content (AvgIpc) is 2.34. The summed E-state index contributed by atoms with van der Waals surface area (Å²) in [5, 5.41) is 3.74. The van der Waals surface area contributed by atoms with E-state index in [1.165, 1.54) is 25.3 Å². The summed E-state index contributed by atoms with van der Waals surface area (Å²) in [6.45, 7) is 16.6. The van der Waals surface area contributed by atoms with E-state index in [9.17, 15) is 0 Å². The van der Waals surface area contributed by atoms with Crippen molar-refractivity contribution in [1.82, 2.24) is 10.2 Å². The van der Waals surface area contributed by atoms with E-state index in [2.05, 4.69) is 44.5 Å². The lowest BCUT2D eigenvalue weighted by atomic mass is 9.90. The van der Waals surface area contributed by atoms with Crippen LogP contribution in [0.4, 0.5) is 0 Å². The van der Waals surface area contributed by atoms with Gasteiger partial charge in [-0.3, -0.25) is 4.90 Å². The maximum atomic E-state index is 3.78. The number of nitrogens with zero attached hydrogens (tertiary/aromatic N) is 1. The smallest absolute Gasteiger partial charge is 0.0278 e. The molecule has 0 spiro atoms. The monoisotopic (exact) mass is 270 g/mol. The van der Waals surface area contributed by atoms with Gasteiger partial charge in [-0.1, -0.05) is 26.8 Å². The highest BCUT2D eigenvalue weighted by Crippen LogP contribution is 2.23. The van der Waals surface area contributed by atoms with Crippen LogP contribution < -0.4 is 5.32 Å². The Balaban J connectivity index is 2.52. The van der Waals surface area contributed by atoms with E-state index in [0.717, 1.165) is 18.2 Å². The van der Waals surface area contributed by atoms with E-state index < -0.39 is 0 Å². The minimum atomic E-state index is 0.300. The zero-order chi connectivity index (χ0) is 13.6. The number of thioether (sulfide) groups is 1. The summed E-state index contributed by atoms with van der Waals surface area (Å²) < 4.78 is 0. The van der Waals surface area contributed by atoms with Crippen molar-refractivity contribution in [2.45, 2.75) is 45.7 Å². The zero-order valence-electron chi connectivity index (χ0n) is 12.5. The molecule has 3 heteroatoms. The zero-order valence-corrected chi connectivity index (χ0v) is 13.4. The van der Waals surface area contributed by atoms with Crippen molar-refractivity contribution in [2.75, 3.05) is 31.1 Å². The lowest BCUT2D eigenvalue weighted by Gasteiger charge is -2.47. The number of nitrogens with one attached hydrogen (secondary N) is 1. The largest absolute Gasteiger partial charge is 0.309 e. The van der Waals surface area contributed by atoms with E-state index in [1.54, 1.807) is 0 Å². The standard InChI is InChI=1S/C15H30N2S/c1-6-9-18-10-8-17-12-15(5,7-2)16-11-14(17)13(3)4/h6,13-14,16H,1,7-12H2,2-5H3. The Hall–Kier alpha value is 0.01000. The van der Waals surface area contributed by atoms with Crippen LogP contribution in [0.25, 0.3) is 0 Å². The summed E-state index contributed by atoms with van der Waals surface area (Å²) in [6, 6.07) is 0.689. The molecule has 2 atom stereocenters. The molecule has 0 amide bonds. The molecule has 0 aromatic rings. The Kier molecular flexibility index (Phi) is 6.75. The molecule has 1 aliphatic rings. The van der Waals surface area contributed by atoms with Crippen molar-refractivity contribution in [3.8, 4) is 0 Å². The van der Waals surface area contributed by atoms with E-state index >= 15 is 0 Å². The highest BCUT2D eigenvalue weighted by Gasteiger charge is 2.35. The summed E-state index contributed by atoms with van der Waals surface area (Å²) in [5.41, 5.74) is 0.300. The minimum absolute atomic E-state index is 0.300. The second-order valence-electron chi connectivity index (χ2n) is 5.94. The van der Waals surface area contributed by atoms with Crippen LogP contribution in [0.5, 0.6) is 0 Å². The molecular weight excluding hydrogens is 240 g/mol. The minimum Gasteiger partial charge on any atom is -0.309 e. The molecule has 0 bridgehead atoms. The van der Waals surface area contributed by atoms with Gasteiger partial charge in [0, 0.05) is 42.7 Å². The fourth-order valence-corrected chi connectivity index (χ4v) is 3.29. The maximum absolute atomic E-state index is 3.78. The van der Waals surface area contributed by atoms with Gasteiger partial charge in [0.1, 0.15) is 0 Å². The fraction of sp³-hybridized carbons (Fsp3) is 0.867. The molecule has 0 radical (unpaired) electrons. The molecule has 1 fully saturated rings. The molecular formula is C15H30N2S. The third-order valence-electron chi connectivity index (χ3n) is 4.07. The molecule has 18 heavy (non-hydrogen) atoms. The summed E-state index contributed by atoms with van der Waals surface area (Å²) in [5.74, 6) is 3.02. The van der Waals surface area contributed by atoms with Gasteiger partial charge in [-0.2, -0.15) is 11.8 Å². The molecule has 2 nitrogen and oxygen atoms in total. The summed E-state index contributed by atoms with van der Waals surface area (Å²) >= 11 is 1.99. The third kappa shape index (κ3) is 4.60. The molecule has 1 saturated heterocycles. The van der Waals surface area contributed by atoms with Gasteiger partial charge in [0.25, 0.3) is 0 Å². The van der Waals surface area contributed by atoms with Crippen LogP contribution in [-0.2, 0) is 0 Å². The fourth-order valence-electron chi connectivity index (χ4n) is 2.59. The molecule has 1 heterocycles. The SMILES string of the molecule is C=CCSCCN1CC(C)(CC)NCC1C(C)C. The van der Waals surface area contributed by atoms with Crippen LogP contribution in [0.2, 0.25) is 0 Å². The lowest BCUT2D eigenvalue weighted by Crippen LogP contribution is -2.64.